The van der Waals surface area contributed by atoms with E-state index >= 15 is 0 Å². The van der Waals surface area contributed by atoms with E-state index in [0.29, 0.717) is 29.4 Å². The number of nitrogens with zero attached hydrogens (tertiary/aromatic N) is 2. The van der Waals surface area contributed by atoms with Gasteiger partial charge in [-0.15, -0.1) is 0 Å². The van der Waals surface area contributed by atoms with E-state index in [1.54, 1.807) is 43.4 Å². The Morgan fingerprint density at radius 3 is 2.30 bits per heavy atom. The molecule has 3 aromatic rings. The summed E-state index contributed by atoms with van der Waals surface area (Å²) in [7, 11) is 1.47. The van der Waals surface area contributed by atoms with Gasteiger partial charge in [-0.2, -0.15) is 4.99 Å². The summed E-state index contributed by atoms with van der Waals surface area (Å²) in [6, 6.07) is 22.1. The van der Waals surface area contributed by atoms with Crippen molar-refractivity contribution in [3.63, 3.8) is 0 Å². The normalized spacial score (nSPS) is 14.5. The monoisotopic (exact) mass is 655 g/mol. The van der Waals surface area contributed by atoms with Crippen LogP contribution in [0.1, 0.15) is 36.6 Å². The lowest BCUT2D eigenvalue weighted by Gasteiger charge is -2.28. The fourth-order valence-electron chi connectivity index (χ4n) is 4.69. The van der Waals surface area contributed by atoms with Crippen LogP contribution in [0.3, 0.4) is 0 Å². The molecule has 0 atom stereocenters. The highest BCUT2D eigenvalue weighted by Crippen LogP contribution is 2.37. The number of thioether (sulfide) groups is 1. The summed E-state index contributed by atoms with van der Waals surface area (Å²) >= 11 is 7.41. The number of amidine groups is 1. The van der Waals surface area contributed by atoms with Crippen LogP contribution in [0.25, 0.3) is 6.08 Å². The number of ether oxygens (including phenoxy) is 2. The predicted molar refractivity (Wildman–Crippen MR) is 185 cm³/mol. The van der Waals surface area contributed by atoms with Crippen LogP contribution < -0.4 is 14.8 Å². The molecule has 0 bridgehead atoms. The number of halogens is 1. The van der Waals surface area contributed by atoms with E-state index in [-0.39, 0.29) is 27.4 Å². The topological polar surface area (TPSA) is 97.3 Å². The molecule has 10 heteroatoms. The summed E-state index contributed by atoms with van der Waals surface area (Å²) in [6.45, 7) is 7.64. The molecule has 1 aliphatic heterocycles. The van der Waals surface area contributed by atoms with Gasteiger partial charge < -0.3 is 14.8 Å². The van der Waals surface area contributed by atoms with Crippen molar-refractivity contribution in [2.24, 2.45) is 4.99 Å². The van der Waals surface area contributed by atoms with Crippen LogP contribution in [-0.4, -0.2) is 47.3 Å². The lowest BCUT2D eigenvalue weighted by Crippen LogP contribution is -2.42. The van der Waals surface area contributed by atoms with Gasteiger partial charge in [-0.1, -0.05) is 109 Å². The van der Waals surface area contributed by atoms with Crippen LogP contribution in [-0.2, 0) is 14.4 Å². The third-order valence-electron chi connectivity index (χ3n) is 6.76. The summed E-state index contributed by atoms with van der Waals surface area (Å²) in [5.74, 6) is -1.04. The number of allylic oxidation sites excluding steroid dienone is 4. The van der Waals surface area contributed by atoms with Crippen LogP contribution in [0.5, 0.6) is 11.5 Å². The Balaban J connectivity index is 1.65. The number of hydrogen-bond acceptors (Lipinski definition) is 6. The lowest BCUT2D eigenvalue weighted by molar-refractivity contribution is -0.126. The average molecular weight is 656 g/mol. The van der Waals surface area contributed by atoms with Crippen molar-refractivity contribution in [3.8, 4) is 11.5 Å². The molecule has 1 heterocycles. The summed E-state index contributed by atoms with van der Waals surface area (Å²) in [5, 5.41) is 3.41. The van der Waals surface area contributed by atoms with Crippen molar-refractivity contribution in [1.82, 2.24) is 10.2 Å². The van der Waals surface area contributed by atoms with Gasteiger partial charge in [0.05, 0.1) is 30.5 Å². The molecule has 3 aromatic carbocycles. The second-order valence-corrected chi connectivity index (χ2v) is 11.1. The highest BCUT2D eigenvalue weighted by atomic mass is 35.5. The second-order valence-electron chi connectivity index (χ2n) is 9.78. The van der Waals surface area contributed by atoms with E-state index in [2.05, 4.69) is 16.9 Å². The smallest absolute Gasteiger partial charge is 0.285 e. The van der Waals surface area contributed by atoms with Crippen molar-refractivity contribution < 1.29 is 23.9 Å². The van der Waals surface area contributed by atoms with Crippen LogP contribution in [0, 0.1) is 0 Å². The number of rotatable bonds is 12. The molecule has 0 fully saturated rings. The number of amides is 3. The molecule has 1 aliphatic rings. The first-order chi connectivity index (χ1) is 22.3. The number of carbonyl (C=O) groups excluding carboxylic acids is 3. The Labute approximate surface area is 278 Å². The number of carbonyl (C=O) groups is 3. The first-order valence-corrected chi connectivity index (χ1v) is 15.8. The van der Waals surface area contributed by atoms with Crippen molar-refractivity contribution in [3.05, 3.63) is 137 Å². The van der Waals surface area contributed by atoms with E-state index in [9.17, 15) is 14.4 Å². The highest BCUT2D eigenvalue weighted by Gasteiger charge is 2.35. The molecule has 236 valence electrons. The van der Waals surface area contributed by atoms with Gasteiger partial charge >= 0.3 is 0 Å². The zero-order valence-corrected chi connectivity index (χ0v) is 27.3. The second kappa shape index (κ2) is 16.5. The van der Waals surface area contributed by atoms with Gasteiger partial charge in [-0.3, -0.25) is 19.3 Å². The molecule has 0 radical (unpaired) electrons. The number of nitrogens with one attached hydrogen (secondary N) is 1. The first kappa shape index (κ1) is 34.0. The summed E-state index contributed by atoms with van der Waals surface area (Å²) in [6.07, 6.45) is 8.03. The Hall–Kier alpha value is -4.86. The lowest BCUT2D eigenvalue weighted by atomic mass is 9.99. The Kier molecular flexibility index (Phi) is 12.2. The third kappa shape index (κ3) is 8.24. The van der Waals surface area contributed by atoms with Crippen molar-refractivity contribution in [1.29, 1.82) is 0 Å². The molecule has 3 amide bonds. The molecule has 0 aromatic heterocycles. The molecule has 0 spiro atoms. The molecule has 0 unspecified atom stereocenters. The molecule has 46 heavy (non-hydrogen) atoms. The molecular weight excluding hydrogens is 622 g/mol. The number of hydrogen-bond donors (Lipinski definition) is 1. The standard InChI is InChI=1S/C36H34ClN3O5S/c1-5-8-19-27(6-2)40-35(43)28(20-24-21-29(37)33(44-4)30(22-24)45-7-3)34(42)39-36(40)46-23-31(41)38-32(25-15-11-9-12-16-25)26-17-13-10-14-18-26/h5-6,8-22,32H,1,7,23H2,2-4H3,(H,38,41)/b19-8-,27-6+,28-20+. The van der Waals surface area contributed by atoms with Gasteiger partial charge in [0, 0.05) is 5.70 Å². The highest BCUT2D eigenvalue weighted by molar-refractivity contribution is 8.14. The predicted octanol–water partition coefficient (Wildman–Crippen LogP) is 7.14. The number of benzene rings is 3. The van der Waals surface area contributed by atoms with Crippen LogP contribution in [0.15, 0.2) is 120 Å². The largest absolute Gasteiger partial charge is 0.491 e. The van der Waals surface area contributed by atoms with Crippen LogP contribution in [0.2, 0.25) is 5.02 Å². The van der Waals surface area contributed by atoms with Crippen LogP contribution in [0.4, 0.5) is 0 Å². The minimum atomic E-state index is -0.747. The average Bonchev–Trinajstić information content (AvgIpc) is 3.06. The van der Waals surface area contributed by atoms with E-state index < -0.39 is 17.9 Å². The Morgan fingerprint density at radius 2 is 1.74 bits per heavy atom. The van der Waals surface area contributed by atoms with Gasteiger partial charge in [0.15, 0.2) is 16.7 Å². The fraction of sp³-hybridized carbons (Fsp3) is 0.167. The molecule has 1 N–H and O–H groups in total. The maximum Gasteiger partial charge on any atom is 0.285 e. The Bertz CT molecular complexity index is 1680. The fourth-order valence-corrected chi connectivity index (χ4v) is 5.80. The van der Waals surface area contributed by atoms with E-state index in [1.165, 1.54) is 18.1 Å². The van der Waals surface area contributed by atoms with Gasteiger partial charge in [0.1, 0.15) is 5.57 Å². The molecule has 0 saturated heterocycles. The van der Waals surface area contributed by atoms with Gasteiger partial charge in [-0.25, -0.2) is 0 Å². The number of methoxy groups -OCH3 is 1. The molecule has 0 aliphatic carbocycles. The number of aliphatic imine (C=N–C) groups is 1. The van der Waals surface area contributed by atoms with Crippen molar-refractivity contribution in [2.45, 2.75) is 19.9 Å². The molecule has 0 saturated carbocycles. The molecule has 4 rings (SSSR count). The first-order valence-electron chi connectivity index (χ1n) is 14.5. The van der Waals surface area contributed by atoms with E-state index in [1.807, 2.05) is 67.6 Å². The van der Waals surface area contributed by atoms with Gasteiger partial charge in [0.2, 0.25) is 5.91 Å². The third-order valence-corrected chi connectivity index (χ3v) is 7.98. The summed E-state index contributed by atoms with van der Waals surface area (Å²) < 4.78 is 11.0. The van der Waals surface area contributed by atoms with Crippen molar-refractivity contribution >= 4 is 52.3 Å². The molecule has 8 nitrogen and oxygen atoms in total. The van der Waals surface area contributed by atoms with E-state index in [0.717, 1.165) is 22.9 Å². The Morgan fingerprint density at radius 1 is 1.09 bits per heavy atom. The maximum absolute atomic E-state index is 14.0. The maximum atomic E-state index is 14.0. The zero-order chi connectivity index (χ0) is 33.1. The van der Waals surface area contributed by atoms with E-state index in [4.69, 9.17) is 21.1 Å². The summed E-state index contributed by atoms with van der Waals surface area (Å²) in [5.41, 5.74) is 2.55. The van der Waals surface area contributed by atoms with Gasteiger partial charge in [0.25, 0.3) is 11.8 Å². The molecular formula is C36H34ClN3O5S. The SMILES string of the molecule is C=C/C=C\C(=C/C)N1C(=O)/C(=C/c2cc(Cl)c(OC)c(OCC)c2)C(=O)N=C1SCC(=O)NC(c1ccccc1)c1ccccc1. The minimum Gasteiger partial charge on any atom is -0.491 e. The van der Waals surface area contributed by atoms with Gasteiger partial charge in [-0.05, 0) is 54.8 Å². The minimum absolute atomic E-state index is 0.0721. The zero-order valence-electron chi connectivity index (χ0n) is 25.7. The van der Waals surface area contributed by atoms with Crippen molar-refractivity contribution in [2.75, 3.05) is 19.5 Å². The van der Waals surface area contributed by atoms with Crippen LogP contribution >= 0.6 is 23.4 Å². The summed E-state index contributed by atoms with van der Waals surface area (Å²) in [4.78, 5) is 46.2. The quantitative estimate of drug-likeness (QED) is 0.127.